The monoisotopic (exact) mass is 413 g/mol. The molecule has 0 aliphatic carbocycles. The molecule has 8 nitrogen and oxygen atoms in total. The number of ether oxygens (including phenoxy) is 2. The molecule has 1 aliphatic rings. The van der Waals surface area contributed by atoms with E-state index in [4.69, 9.17) is 9.47 Å². The Morgan fingerprint density at radius 2 is 1.93 bits per heavy atom. The predicted octanol–water partition coefficient (Wildman–Crippen LogP) is 4.24. The second-order valence-electron chi connectivity index (χ2n) is 7.18. The van der Waals surface area contributed by atoms with Crippen LogP contribution in [0.1, 0.15) is 42.1 Å². The molecule has 1 fully saturated rings. The van der Waals surface area contributed by atoms with Crippen LogP contribution in [0.5, 0.6) is 11.5 Å². The van der Waals surface area contributed by atoms with Crippen LogP contribution in [-0.4, -0.2) is 42.5 Å². The lowest BCUT2D eigenvalue weighted by molar-refractivity contribution is -0.385. The summed E-state index contributed by atoms with van der Waals surface area (Å²) in [6.45, 7) is 4.40. The Hall–Kier alpha value is -3.29. The SMILES string of the molecule is CCCOc1ccc(CNc2ccc([N+](=O)[O-])c(C(=O)N3CCCC3)c2)cc1OC. The fourth-order valence-electron chi connectivity index (χ4n) is 3.42. The van der Waals surface area contributed by atoms with Crippen molar-refractivity contribution in [2.45, 2.75) is 32.7 Å². The molecule has 0 radical (unpaired) electrons. The number of carbonyl (C=O) groups is 1. The predicted molar refractivity (Wildman–Crippen MR) is 114 cm³/mol. The number of nitro groups is 1. The number of hydrogen-bond donors (Lipinski definition) is 1. The van der Waals surface area contributed by atoms with Gasteiger partial charge in [0.15, 0.2) is 11.5 Å². The first-order valence-electron chi connectivity index (χ1n) is 10.1. The molecule has 0 saturated carbocycles. The minimum absolute atomic E-state index is 0.118. The second kappa shape index (κ2) is 9.96. The highest BCUT2D eigenvalue weighted by atomic mass is 16.6. The summed E-state index contributed by atoms with van der Waals surface area (Å²) in [5, 5.41) is 14.6. The summed E-state index contributed by atoms with van der Waals surface area (Å²) in [5.74, 6) is 1.05. The van der Waals surface area contributed by atoms with E-state index in [0.29, 0.717) is 43.4 Å². The number of methoxy groups -OCH3 is 1. The van der Waals surface area contributed by atoms with E-state index in [0.717, 1.165) is 24.8 Å². The Morgan fingerprint density at radius 3 is 2.60 bits per heavy atom. The Balaban J connectivity index is 1.76. The van der Waals surface area contributed by atoms with E-state index in [9.17, 15) is 14.9 Å². The van der Waals surface area contributed by atoms with Gasteiger partial charge in [-0.05, 0) is 49.1 Å². The minimum Gasteiger partial charge on any atom is -0.493 e. The Kier molecular flexibility index (Phi) is 7.11. The largest absolute Gasteiger partial charge is 0.493 e. The average molecular weight is 413 g/mol. The van der Waals surface area contributed by atoms with Crippen molar-refractivity contribution in [1.29, 1.82) is 0 Å². The third kappa shape index (κ3) is 5.00. The molecular formula is C22H27N3O5. The fraction of sp³-hybridized carbons (Fsp3) is 0.409. The van der Waals surface area contributed by atoms with E-state index in [1.54, 1.807) is 24.1 Å². The van der Waals surface area contributed by atoms with Gasteiger partial charge in [0.1, 0.15) is 5.56 Å². The maximum Gasteiger partial charge on any atom is 0.282 e. The average Bonchev–Trinajstić information content (AvgIpc) is 3.30. The Bertz CT molecular complexity index is 910. The topological polar surface area (TPSA) is 93.9 Å². The van der Waals surface area contributed by atoms with Gasteiger partial charge in [0.05, 0.1) is 18.6 Å². The number of hydrogen-bond acceptors (Lipinski definition) is 6. The summed E-state index contributed by atoms with van der Waals surface area (Å²) in [6, 6.07) is 10.3. The van der Waals surface area contributed by atoms with Gasteiger partial charge in [-0.3, -0.25) is 14.9 Å². The molecule has 1 amide bonds. The molecule has 30 heavy (non-hydrogen) atoms. The zero-order valence-electron chi connectivity index (χ0n) is 17.3. The van der Waals surface area contributed by atoms with E-state index in [1.807, 2.05) is 25.1 Å². The van der Waals surface area contributed by atoms with Crippen LogP contribution in [0.4, 0.5) is 11.4 Å². The van der Waals surface area contributed by atoms with Crippen molar-refractivity contribution < 1.29 is 19.2 Å². The third-order valence-corrected chi connectivity index (χ3v) is 5.00. The van der Waals surface area contributed by atoms with E-state index in [1.165, 1.54) is 6.07 Å². The van der Waals surface area contributed by atoms with E-state index in [-0.39, 0.29) is 17.2 Å². The minimum atomic E-state index is -0.507. The van der Waals surface area contributed by atoms with Crippen LogP contribution in [-0.2, 0) is 6.54 Å². The van der Waals surface area contributed by atoms with E-state index < -0.39 is 4.92 Å². The molecule has 0 aromatic heterocycles. The van der Waals surface area contributed by atoms with Gasteiger partial charge in [0, 0.05) is 31.4 Å². The van der Waals surface area contributed by atoms with Crippen molar-refractivity contribution in [3.05, 3.63) is 57.6 Å². The number of nitro benzene ring substituents is 1. The molecule has 0 spiro atoms. The molecule has 0 bridgehead atoms. The van der Waals surface area contributed by atoms with Crippen LogP contribution in [0, 0.1) is 10.1 Å². The molecule has 8 heteroatoms. The number of nitrogens with zero attached hydrogens (tertiary/aromatic N) is 2. The third-order valence-electron chi connectivity index (χ3n) is 5.00. The summed E-state index contributed by atoms with van der Waals surface area (Å²) in [6.07, 6.45) is 2.76. The fourth-order valence-corrected chi connectivity index (χ4v) is 3.42. The number of likely N-dealkylation sites (tertiary alicyclic amines) is 1. The molecule has 1 saturated heterocycles. The second-order valence-corrected chi connectivity index (χ2v) is 7.18. The summed E-state index contributed by atoms with van der Waals surface area (Å²) in [7, 11) is 1.60. The molecule has 2 aromatic rings. The smallest absolute Gasteiger partial charge is 0.282 e. The number of benzene rings is 2. The van der Waals surface area contributed by atoms with Crippen LogP contribution in [0.2, 0.25) is 0 Å². The van der Waals surface area contributed by atoms with E-state index in [2.05, 4.69) is 5.32 Å². The standard InChI is InChI=1S/C22H27N3O5/c1-3-12-30-20-9-6-16(13-21(20)29-2)15-23-17-7-8-19(25(27)28)18(14-17)22(26)24-10-4-5-11-24/h6-9,13-14,23H,3-5,10-12,15H2,1-2H3. The summed E-state index contributed by atoms with van der Waals surface area (Å²) >= 11 is 0. The summed E-state index contributed by atoms with van der Waals surface area (Å²) < 4.78 is 11.1. The molecule has 1 aliphatic heterocycles. The maximum absolute atomic E-state index is 12.8. The van der Waals surface area contributed by atoms with Gasteiger partial charge in [0.2, 0.25) is 0 Å². The van der Waals surface area contributed by atoms with Gasteiger partial charge < -0.3 is 19.7 Å². The lowest BCUT2D eigenvalue weighted by Crippen LogP contribution is -2.28. The normalized spacial score (nSPS) is 13.2. The first-order chi connectivity index (χ1) is 14.5. The highest BCUT2D eigenvalue weighted by Gasteiger charge is 2.26. The van der Waals surface area contributed by atoms with Crippen LogP contribution in [0.15, 0.2) is 36.4 Å². The van der Waals surface area contributed by atoms with Crippen LogP contribution in [0.3, 0.4) is 0 Å². The summed E-state index contributed by atoms with van der Waals surface area (Å²) in [5.41, 5.74) is 1.55. The molecule has 2 aromatic carbocycles. The maximum atomic E-state index is 12.8. The lowest BCUT2D eigenvalue weighted by atomic mass is 10.1. The number of amides is 1. The highest BCUT2D eigenvalue weighted by Crippen LogP contribution is 2.29. The van der Waals surface area contributed by atoms with Crippen LogP contribution in [0.25, 0.3) is 0 Å². The van der Waals surface area contributed by atoms with Crippen LogP contribution >= 0.6 is 0 Å². The molecule has 3 rings (SSSR count). The van der Waals surface area contributed by atoms with Gasteiger partial charge in [0.25, 0.3) is 11.6 Å². The summed E-state index contributed by atoms with van der Waals surface area (Å²) in [4.78, 5) is 25.3. The van der Waals surface area contributed by atoms with Gasteiger partial charge in [-0.2, -0.15) is 0 Å². The van der Waals surface area contributed by atoms with Crippen molar-refractivity contribution >= 4 is 17.3 Å². The van der Waals surface area contributed by atoms with Crippen LogP contribution < -0.4 is 14.8 Å². The van der Waals surface area contributed by atoms with E-state index >= 15 is 0 Å². The van der Waals surface area contributed by atoms with Crippen molar-refractivity contribution in [1.82, 2.24) is 4.90 Å². The first kappa shape index (κ1) is 21.4. The van der Waals surface area contributed by atoms with Gasteiger partial charge in [-0.1, -0.05) is 13.0 Å². The number of nitrogens with one attached hydrogen (secondary N) is 1. The van der Waals surface area contributed by atoms with Crippen molar-refractivity contribution in [2.75, 3.05) is 32.1 Å². The molecule has 1 heterocycles. The molecule has 0 unspecified atom stereocenters. The zero-order chi connectivity index (χ0) is 21.5. The molecule has 0 atom stereocenters. The Labute approximate surface area is 175 Å². The van der Waals surface area contributed by atoms with Crippen molar-refractivity contribution in [2.24, 2.45) is 0 Å². The molecule has 1 N–H and O–H groups in total. The zero-order valence-corrected chi connectivity index (χ0v) is 17.3. The van der Waals surface area contributed by atoms with Crippen molar-refractivity contribution in [3.63, 3.8) is 0 Å². The first-order valence-corrected chi connectivity index (χ1v) is 10.1. The molecular weight excluding hydrogens is 386 g/mol. The number of anilines is 1. The number of rotatable bonds is 9. The van der Waals surface area contributed by atoms with Gasteiger partial charge in [-0.15, -0.1) is 0 Å². The van der Waals surface area contributed by atoms with Gasteiger partial charge in [-0.25, -0.2) is 0 Å². The van der Waals surface area contributed by atoms with Crippen molar-refractivity contribution in [3.8, 4) is 11.5 Å². The quantitative estimate of drug-likeness (QED) is 0.488. The lowest BCUT2D eigenvalue weighted by Gasteiger charge is -2.16. The van der Waals surface area contributed by atoms with Gasteiger partial charge >= 0.3 is 0 Å². The Morgan fingerprint density at radius 1 is 1.17 bits per heavy atom. The number of carbonyl (C=O) groups excluding carboxylic acids is 1. The highest BCUT2D eigenvalue weighted by molar-refractivity contribution is 5.99. The molecule has 160 valence electrons.